The van der Waals surface area contributed by atoms with E-state index >= 15 is 0 Å². The lowest BCUT2D eigenvalue weighted by atomic mass is 10.2. The molecule has 0 atom stereocenters. The zero-order chi connectivity index (χ0) is 25.0. The molecular formula is C21H15F3N2O7S. The zero-order valence-electron chi connectivity index (χ0n) is 17.3. The third kappa shape index (κ3) is 5.49. The number of hydrogen-bond donors (Lipinski definition) is 2. The molecule has 2 N–H and O–H groups in total. The average Bonchev–Trinajstić information content (AvgIpc) is 3.05. The van der Waals surface area contributed by atoms with Gasteiger partial charge in [0.15, 0.2) is 35.6 Å². The Morgan fingerprint density at radius 2 is 1.85 bits per heavy atom. The second kappa shape index (κ2) is 10.3. The van der Waals surface area contributed by atoms with Gasteiger partial charge in [0, 0.05) is 0 Å². The van der Waals surface area contributed by atoms with Crippen LogP contribution < -0.4 is 14.8 Å². The van der Waals surface area contributed by atoms with E-state index in [-0.39, 0.29) is 16.4 Å². The van der Waals surface area contributed by atoms with Crippen molar-refractivity contribution in [1.82, 2.24) is 4.90 Å². The van der Waals surface area contributed by atoms with E-state index < -0.39 is 59.3 Å². The number of halogens is 3. The van der Waals surface area contributed by atoms with E-state index in [9.17, 15) is 32.3 Å². The molecular weight excluding hydrogens is 481 g/mol. The van der Waals surface area contributed by atoms with Crippen LogP contribution in [0.1, 0.15) is 5.56 Å². The van der Waals surface area contributed by atoms with Gasteiger partial charge in [0.25, 0.3) is 11.1 Å². The third-order valence-corrected chi connectivity index (χ3v) is 5.23. The minimum atomic E-state index is -1.78. The van der Waals surface area contributed by atoms with Crippen LogP contribution in [-0.2, 0) is 14.4 Å². The standard InChI is InChI=1S/C21H15F3N2O7S/c1-32-14-6-10(2-5-13(14)33-9-17(28)29)7-15-20(30)26(21(31)34-15)8-16(27)25-12-4-3-11(22)18(23)19(12)24/h2-7H,8-9H2,1H3,(H,25,27)(H,28,29)/b15-7+. The highest BCUT2D eigenvalue weighted by molar-refractivity contribution is 8.18. The number of hydrogen-bond acceptors (Lipinski definition) is 7. The Kier molecular flexibility index (Phi) is 7.46. The summed E-state index contributed by atoms with van der Waals surface area (Å²) < 4.78 is 50.3. The van der Waals surface area contributed by atoms with E-state index in [0.717, 1.165) is 6.07 Å². The number of aliphatic carboxylic acids is 1. The summed E-state index contributed by atoms with van der Waals surface area (Å²) in [5, 5.41) is 9.92. The van der Waals surface area contributed by atoms with Gasteiger partial charge in [-0.2, -0.15) is 0 Å². The second-order valence-electron chi connectivity index (χ2n) is 6.63. The molecule has 1 saturated heterocycles. The minimum Gasteiger partial charge on any atom is -0.493 e. The smallest absolute Gasteiger partial charge is 0.341 e. The minimum absolute atomic E-state index is 0.0296. The molecule has 0 saturated carbocycles. The Hall–Kier alpha value is -4.00. The summed E-state index contributed by atoms with van der Waals surface area (Å²) in [6.45, 7) is -1.38. The fourth-order valence-electron chi connectivity index (χ4n) is 2.78. The van der Waals surface area contributed by atoms with Crippen molar-refractivity contribution in [2.24, 2.45) is 0 Å². The molecule has 0 unspecified atom stereocenters. The van der Waals surface area contributed by atoms with E-state index in [0.29, 0.717) is 28.3 Å². The molecule has 2 aromatic carbocycles. The Balaban J connectivity index is 1.72. The first-order valence-corrected chi connectivity index (χ1v) is 10.1. The maximum atomic E-state index is 13.7. The number of ether oxygens (including phenoxy) is 2. The van der Waals surface area contributed by atoms with Crippen molar-refractivity contribution in [2.75, 3.05) is 25.6 Å². The number of nitrogens with zero attached hydrogens (tertiary/aromatic N) is 1. The first kappa shape index (κ1) is 24.6. The van der Waals surface area contributed by atoms with E-state index in [4.69, 9.17) is 14.6 Å². The summed E-state index contributed by atoms with van der Waals surface area (Å²) in [6.07, 6.45) is 1.35. The summed E-state index contributed by atoms with van der Waals surface area (Å²) in [7, 11) is 1.33. The molecule has 3 rings (SSSR count). The quantitative estimate of drug-likeness (QED) is 0.422. The fourth-order valence-corrected chi connectivity index (χ4v) is 3.61. The molecule has 0 radical (unpaired) electrons. The molecule has 1 heterocycles. The molecule has 9 nitrogen and oxygen atoms in total. The largest absolute Gasteiger partial charge is 0.493 e. The van der Waals surface area contributed by atoms with Crippen LogP contribution in [0.4, 0.5) is 23.7 Å². The molecule has 2 aromatic rings. The number of benzene rings is 2. The van der Waals surface area contributed by atoms with Crippen LogP contribution >= 0.6 is 11.8 Å². The van der Waals surface area contributed by atoms with Crippen molar-refractivity contribution in [3.63, 3.8) is 0 Å². The number of thioether (sulfide) groups is 1. The highest BCUT2D eigenvalue weighted by Crippen LogP contribution is 2.34. The number of anilines is 1. The summed E-state index contributed by atoms with van der Waals surface area (Å²) >= 11 is 0.549. The monoisotopic (exact) mass is 496 g/mol. The highest BCUT2D eigenvalue weighted by atomic mass is 32.2. The Morgan fingerprint density at radius 1 is 1.12 bits per heavy atom. The Labute approximate surface area is 194 Å². The van der Waals surface area contributed by atoms with Gasteiger partial charge in [-0.1, -0.05) is 6.07 Å². The molecule has 34 heavy (non-hydrogen) atoms. The lowest BCUT2D eigenvalue weighted by molar-refractivity contribution is -0.139. The molecule has 1 aliphatic rings. The average molecular weight is 496 g/mol. The van der Waals surface area contributed by atoms with Crippen LogP contribution in [-0.4, -0.2) is 53.3 Å². The van der Waals surface area contributed by atoms with Crippen molar-refractivity contribution in [3.8, 4) is 11.5 Å². The second-order valence-corrected chi connectivity index (χ2v) is 7.62. The van der Waals surface area contributed by atoms with Crippen LogP contribution in [0.15, 0.2) is 35.2 Å². The van der Waals surface area contributed by atoms with Crippen molar-refractivity contribution in [3.05, 3.63) is 58.3 Å². The lowest BCUT2D eigenvalue weighted by Crippen LogP contribution is -2.36. The first-order chi connectivity index (χ1) is 16.1. The van der Waals surface area contributed by atoms with Gasteiger partial charge >= 0.3 is 5.97 Å². The topological polar surface area (TPSA) is 122 Å². The van der Waals surface area contributed by atoms with Gasteiger partial charge in [0.05, 0.1) is 17.7 Å². The Morgan fingerprint density at radius 3 is 2.53 bits per heavy atom. The summed E-state index contributed by atoms with van der Waals surface area (Å²) in [5.41, 5.74) is -0.234. The van der Waals surface area contributed by atoms with Crippen molar-refractivity contribution in [2.45, 2.75) is 0 Å². The number of carbonyl (C=O) groups excluding carboxylic acids is 3. The number of amides is 3. The van der Waals surface area contributed by atoms with E-state index in [1.165, 1.54) is 31.4 Å². The van der Waals surface area contributed by atoms with Crippen LogP contribution in [0.25, 0.3) is 6.08 Å². The molecule has 178 valence electrons. The summed E-state index contributed by atoms with van der Waals surface area (Å²) in [4.78, 5) is 48.2. The van der Waals surface area contributed by atoms with E-state index in [1.54, 1.807) is 0 Å². The number of imide groups is 1. The van der Waals surface area contributed by atoms with Gasteiger partial charge in [-0.3, -0.25) is 19.3 Å². The number of carboxylic acid groups (broad SMARTS) is 1. The maximum absolute atomic E-state index is 13.7. The third-order valence-electron chi connectivity index (χ3n) is 4.32. The number of carboxylic acids is 1. The van der Waals surface area contributed by atoms with E-state index in [1.807, 2.05) is 5.32 Å². The van der Waals surface area contributed by atoms with Gasteiger partial charge in [0.2, 0.25) is 5.91 Å². The predicted molar refractivity (Wildman–Crippen MR) is 114 cm³/mol. The molecule has 0 aliphatic carbocycles. The van der Waals surface area contributed by atoms with E-state index in [2.05, 4.69) is 0 Å². The molecule has 13 heteroatoms. The number of carbonyl (C=O) groups is 4. The van der Waals surface area contributed by atoms with Crippen LogP contribution in [0.3, 0.4) is 0 Å². The van der Waals surface area contributed by atoms with Crippen molar-refractivity contribution in [1.29, 1.82) is 0 Å². The van der Waals surface area contributed by atoms with Crippen LogP contribution in [0.2, 0.25) is 0 Å². The molecule has 0 spiro atoms. The normalized spacial score (nSPS) is 14.5. The first-order valence-electron chi connectivity index (χ1n) is 9.32. The lowest BCUT2D eigenvalue weighted by Gasteiger charge is -2.13. The number of methoxy groups -OCH3 is 1. The van der Waals surface area contributed by atoms with Gasteiger partial charge in [-0.05, 0) is 47.7 Å². The van der Waals surface area contributed by atoms with Crippen LogP contribution in [0, 0.1) is 17.5 Å². The molecule has 1 aliphatic heterocycles. The van der Waals surface area contributed by atoms with Gasteiger partial charge < -0.3 is 19.9 Å². The molecule has 3 amide bonds. The van der Waals surface area contributed by atoms with Gasteiger partial charge in [-0.15, -0.1) is 0 Å². The number of nitrogens with one attached hydrogen (secondary N) is 1. The SMILES string of the molecule is COc1cc(/C=C2/SC(=O)N(CC(=O)Nc3ccc(F)c(F)c3F)C2=O)ccc1OCC(=O)O. The fraction of sp³-hybridized carbons (Fsp3) is 0.143. The highest BCUT2D eigenvalue weighted by Gasteiger charge is 2.36. The van der Waals surface area contributed by atoms with Crippen LogP contribution in [0.5, 0.6) is 11.5 Å². The Bertz CT molecular complexity index is 1220. The van der Waals surface area contributed by atoms with Gasteiger partial charge in [-0.25, -0.2) is 18.0 Å². The number of rotatable bonds is 8. The predicted octanol–water partition coefficient (Wildman–Crippen LogP) is 3.25. The summed E-state index contributed by atoms with van der Waals surface area (Å²) in [6, 6.07) is 5.78. The van der Waals surface area contributed by atoms with Crippen molar-refractivity contribution >= 4 is 46.5 Å². The molecule has 0 aromatic heterocycles. The van der Waals surface area contributed by atoms with Crippen molar-refractivity contribution < 1.29 is 46.9 Å². The zero-order valence-corrected chi connectivity index (χ0v) is 18.1. The van der Waals surface area contributed by atoms with Gasteiger partial charge in [0.1, 0.15) is 6.54 Å². The summed E-state index contributed by atoms with van der Waals surface area (Å²) in [5.74, 6) is -7.50. The molecule has 0 bridgehead atoms. The molecule has 1 fully saturated rings. The maximum Gasteiger partial charge on any atom is 0.341 e.